The predicted molar refractivity (Wildman–Crippen MR) is 54.1 cm³/mol. The molecule has 0 aromatic heterocycles. The molecule has 70 valence electrons. The zero-order valence-electron chi connectivity index (χ0n) is 7.48. The number of likely N-dealkylation sites (N-methyl/N-ethyl adjacent to an activating group) is 1. The molecule has 0 amide bonds. The van der Waals surface area contributed by atoms with Crippen LogP contribution in [0.5, 0.6) is 0 Å². The Morgan fingerprint density at radius 1 is 1.38 bits per heavy atom. The number of hydrogen-bond donors (Lipinski definition) is 0. The average molecular weight is 244 g/mol. The van der Waals surface area contributed by atoms with Crippen LogP contribution < -0.4 is 0 Å². The molecule has 1 aromatic rings. The molecule has 0 spiro atoms. The van der Waals surface area contributed by atoms with Gasteiger partial charge in [-0.1, -0.05) is 15.9 Å². The molecule has 1 nitrogen and oxygen atoms in total. The Morgan fingerprint density at radius 3 is 2.92 bits per heavy atom. The Hall–Kier alpha value is -0.410. The third kappa shape index (κ3) is 1.63. The Kier molecular flexibility index (Phi) is 2.39. The molecule has 0 saturated heterocycles. The normalized spacial score (nSPS) is 17.2. The first-order valence-corrected chi connectivity index (χ1v) is 5.12. The lowest BCUT2D eigenvalue weighted by Crippen LogP contribution is -2.27. The Balaban J connectivity index is 2.51. The highest BCUT2D eigenvalue weighted by Crippen LogP contribution is 2.27. The van der Waals surface area contributed by atoms with Gasteiger partial charge in [0.2, 0.25) is 0 Å². The van der Waals surface area contributed by atoms with Crippen molar-refractivity contribution in [3.05, 3.63) is 33.5 Å². The van der Waals surface area contributed by atoms with Gasteiger partial charge in [0.05, 0.1) is 0 Å². The molecule has 1 aromatic carbocycles. The van der Waals surface area contributed by atoms with Gasteiger partial charge in [-0.2, -0.15) is 0 Å². The van der Waals surface area contributed by atoms with Crippen LogP contribution in [0.3, 0.4) is 0 Å². The molecule has 13 heavy (non-hydrogen) atoms. The molecule has 1 aliphatic rings. The fraction of sp³-hybridized carbons (Fsp3) is 0.400. The van der Waals surface area contributed by atoms with Gasteiger partial charge in [-0.15, -0.1) is 0 Å². The van der Waals surface area contributed by atoms with Gasteiger partial charge in [-0.05, 0) is 36.7 Å². The third-order valence-corrected chi connectivity index (χ3v) is 3.23. The molecule has 1 heterocycles. The lowest BCUT2D eigenvalue weighted by Gasteiger charge is -2.26. The van der Waals surface area contributed by atoms with E-state index in [1.54, 1.807) is 6.07 Å². The Bertz CT molecular complexity index is 338. The van der Waals surface area contributed by atoms with Crippen molar-refractivity contribution in [3.63, 3.8) is 0 Å². The Morgan fingerprint density at radius 2 is 2.15 bits per heavy atom. The topological polar surface area (TPSA) is 3.24 Å². The molecule has 0 saturated carbocycles. The standard InChI is InChI=1S/C10H11BrFN/c1-13-5-4-7-8(6-13)9(11)2-3-10(7)12/h2-3H,4-6H2,1H3. The van der Waals surface area contributed by atoms with E-state index in [0.29, 0.717) is 0 Å². The third-order valence-electron chi connectivity index (χ3n) is 2.49. The highest BCUT2D eigenvalue weighted by Gasteiger charge is 2.18. The summed E-state index contributed by atoms with van der Waals surface area (Å²) in [5.74, 6) is -0.0636. The monoisotopic (exact) mass is 243 g/mol. The fourth-order valence-electron chi connectivity index (χ4n) is 1.73. The van der Waals surface area contributed by atoms with Crippen molar-refractivity contribution in [2.45, 2.75) is 13.0 Å². The maximum Gasteiger partial charge on any atom is 0.126 e. The molecule has 1 aliphatic heterocycles. The maximum absolute atomic E-state index is 13.3. The smallest absolute Gasteiger partial charge is 0.126 e. The van der Waals surface area contributed by atoms with Crippen LogP contribution in [-0.4, -0.2) is 18.5 Å². The number of nitrogens with zero attached hydrogens (tertiary/aromatic N) is 1. The van der Waals surface area contributed by atoms with Gasteiger partial charge in [-0.3, -0.25) is 0 Å². The van der Waals surface area contributed by atoms with Crippen LogP contribution in [-0.2, 0) is 13.0 Å². The summed E-state index contributed by atoms with van der Waals surface area (Å²) in [7, 11) is 2.06. The van der Waals surface area contributed by atoms with E-state index < -0.39 is 0 Å². The summed E-state index contributed by atoms with van der Waals surface area (Å²) < 4.78 is 14.4. The van der Waals surface area contributed by atoms with E-state index in [-0.39, 0.29) is 5.82 Å². The Labute approximate surface area is 85.7 Å². The van der Waals surface area contributed by atoms with Crippen LogP contribution in [0, 0.1) is 5.82 Å². The van der Waals surface area contributed by atoms with Crippen molar-refractivity contribution >= 4 is 15.9 Å². The van der Waals surface area contributed by atoms with Crippen LogP contribution in [0.15, 0.2) is 16.6 Å². The van der Waals surface area contributed by atoms with Gasteiger partial charge in [-0.25, -0.2) is 4.39 Å². The van der Waals surface area contributed by atoms with E-state index >= 15 is 0 Å². The number of fused-ring (bicyclic) bond motifs is 1. The minimum absolute atomic E-state index is 0.0636. The second-order valence-corrected chi connectivity index (χ2v) is 4.33. The van der Waals surface area contributed by atoms with Crippen molar-refractivity contribution in [1.29, 1.82) is 0 Å². The van der Waals surface area contributed by atoms with Gasteiger partial charge >= 0.3 is 0 Å². The zero-order chi connectivity index (χ0) is 9.42. The summed E-state index contributed by atoms with van der Waals surface area (Å²) in [5, 5.41) is 0. The molecule has 0 fully saturated rings. The lowest BCUT2D eigenvalue weighted by atomic mass is 10.00. The van der Waals surface area contributed by atoms with Crippen LogP contribution >= 0.6 is 15.9 Å². The summed E-state index contributed by atoms with van der Waals surface area (Å²) in [4.78, 5) is 2.20. The van der Waals surface area contributed by atoms with Gasteiger partial charge in [0.25, 0.3) is 0 Å². The number of rotatable bonds is 0. The maximum atomic E-state index is 13.3. The molecule has 0 bridgehead atoms. The van der Waals surface area contributed by atoms with E-state index in [1.807, 2.05) is 0 Å². The first-order chi connectivity index (χ1) is 6.18. The van der Waals surface area contributed by atoms with Crippen LogP contribution in [0.25, 0.3) is 0 Å². The lowest BCUT2D eigenvalue weighted by molar-refractivity contribution is 0.308. The van der Waals surface area contributed by atoms with Crippen molar-refractivity contribution in [2.75, 3.05) is 13.6 Å². The second kappa shape index (κ2) is 3.39. The molecule has 0 atom stereocenters. The summed E-state index contributed by atoms with van der Waals surface area (Å²) in [6, 6.07) is 3.32. The first-order valence-electron chi connectivity index (χ1n) is 4.33. The molecular weight excluding hydrogens is 233 g/mol. The highest BCUT2D eigenvalue weighted by molar-refractivity contribution is 9.10. The molecule has 0 N–H and O–H groups in total. The quantitative estimate of drug-likeness (QED) is 0.678. The zero-order valence-corrected chi connectivity index (χ0v) is 9.07. The molecule has 0 aliphatic carbocycles. The van der Waals surface area contributed by atoms with Crippen LogP contribution in [0.4, 0.5) is 4.39 Å². The number of benzene rings is 1. The minimum atomic E-state index is -0.0636. The summed E-state index contributed by atoms with van der Waals surface area (Å²) in [5.41, 5.74) is 1.99. The highest BCUT2D eigenvalue weighted by atomic mass is 79.9. The summed E-state index contributed by atoms with van der Waals surface area (Å²) >= 11 is 3.45. The molecule has 3 heteroatoms. The second-order valence-electron chi connectivity index (χ2n) is 3.47. The molecule has 2 rings (SSSR count). The van der Waals surface area contributed by atoms with E-state index in [9.17, 15) is 4.39 Å². The van der Waals surface area contributed by atoms with E-state index in [2.05, 4.69) is 27.9 Å². The molecule has 0 unspecified atom stereocenters. The average Bonchev–Trinajstić information content (AvgIpc) is 2.12. The minimum Gasteiger partial charge on any atom is -0.302 e. The van der Waals surface area contributed by atoms with Crippen molar-refractivity contribution in [2.24, 2.45) is 0 Å². The first kappa shape index (κ1) is 9.16. The van der Waals surface area contributed by atoms with Gasteiger partial charge in [0.15, 0.2) is 0 Å². The van der Waals surface area contributed by atoms with Gasteiger partial charge in [0, 0.05) is 17.6 Å². The number of hydrogen-bond acceptors (Lipinski definition) is 1. The van der Waals surface area contributed by atoms with Crippen LogP contribution in [0.2, 0.25) is 0 Å². The van der Waals surface area contributed by atoms with Gasteiger partial charge < -0.3 is 4.90 Å². The van der Waals surface area contributed by atoms with E-state index in [0.717, 1.165) is 35.1 Å². The molecular formula is C10H11BrFN. The van der Waals surface area contributed by atoms with Crippen molar-refractivity contribution < 1.29 is 4.39 Å². The summed E-state index contributed by atoms with van der Waals surface area (Å²) in [6.07, 6.45) is 0.817. The largest absolute Gasteiger partial charge is 0.302 e. The van der Waals surface area contributed by atoms with Gasteiger partial charge in [0.1, 0.15) is 5.82 Å². The van der Waals surface area contributed by atoms with Crippen LogP contribution in [0.1, 0.15) is 11.1 Å². The van der Waals surface area contributed by atoms with E-state index in [1.165, 1.54) is 6.07 Å². The number of halogens is 2. The summed E-state index contributed by atoms with van der Waals surface area (Å²) in [6.45, 7) is 1.79. The van der Waals surface area contributed by atoms with Crippen molar-refractivity contribution in [1.82, 2.24) is 4.90 Å². The van der Waals surface area contributed by atoms with Crippen molar-refractivity contribution in [3.8, 4) is 0 Å². The predicted octanol–water partition coefficient (Wildman–Crippen LogP) is 2.58. The molecule has 0 radical (unpaired) electrons. The SMILES string of the molecule is CN1CCc2c(F)ccc(Br)c2C1. The fourth-order valence-corrected chi connectivity index (χ4v) is 2.23. The van der Waals surface area contributed by atoms with E-state index in [4.69, 9.17) is 0 Å².